The van der Waals surface area contributed by atoms with E-state index in [0.717, 1.165) is 32.5 Å². The smallest absolute Gasteiger partial charge is 0.236 e. The highest BCUT2D eigenvalue weighted by atomic mass is 16.5. The Morgan fingerprint density at radius 3 is 2.71 bits per heavy atom. The minimum Gasteiger partial charge on any atom is -0.380 e. The highest BCUT2D eigenvalue weighted by Crippen LogP contribution is 2.06. The molecule has 1 amide bonds. The zero-order chi connectivity index (χ0) is 10.4. The summed E-state index contributed by atoms with van der Waals surface area (Å²) in [7, 11) is 1.68. The van der Waals surface area contributed by atoms with Crippen molar-refractivity contribution in [2.75, 3.05) is 33.3 Å². The summed E-state index contributed by atoms with van der Waals surface area (Å²) in [6, 6.07) is 0. The molecule has 1 fully saturated rings. The van der Waals surface area contributed by atoms with Gasteiger partial charge in [-0.25, -0.2) is 0 Å². The maximum absolute atomic E-state index is 11.5. The van der Waals surface area contributed by atoms with Gasteiger partial charge in [-0.05, 0) is 19.8 Å². The molecular formula is C10H20N2O2. The lowest BCUT2D eigenvalue weighted by atomic mass is 10.4. The van der Waals surface area contributed by atoms with Crippen LogP contribution in [0, 0.1) is 0 Å². The van der Waals surface area contributed by atoms with Crippen molar-refractivity contribution in [3.63, 3.8) is 0 Å². The lowest BCUT2D eigenvalue weighted by Crippen LogP contribution is -2.38. The van der Waals surface area contributed by atoms with Crippen LogP contribution in [0.4, 0.5) is 0 Å². The second kappa shape index (κ2) is 5.98. The molecule has 14 heavy (non-hydrogen) atoms. The van der Waals surface area contributed by atoms with Crippen molar-refractivity contribution in [1.29, 1.82) is 0 Å². The quantitative estimate of drug-likeness (QED) is 0.691. The lowest BCUT2D eigenvalue weighted by Gasteiger charge is -2.16. The average molecular weight is 200 g/mol. The standard InChI is InChI=1S/C10H20N2O2/c1-9(14-2)7-11-8-10(13)12-5-3-4-6-12/h9,11H,3-8H2,1-2H3. The monoisotopic (exact) mass is 200 g/mol. The molecule has 1 saturated heterocycles. The number of nitrogens with one attached hydrogen (secondary N) is 1. The molecule has 82 valence electrons. The number of rotatable bonds is 5. The summed E-state index contributed by atoms with van der Waals surface area (Å²) in [4.78, 5) is 13.5. The molecule has 0 spiro atoms. The van der Waals surface area contributed by atoms with Crippen LogP contribution < -0.4 is 5.32 Å². The molecule has 1 N–H and O–H groups in total. The van der Waals surface area contributed by atoms with E-state index in [1.807, 2.05) is 11.8 Å². The average Bonchev–Trinajstić information content (AvgIpc) is 2.70. The molecular weight excluding hydrogens is 180 g/mol. The Hall–Kier alpha value is -0.610. The van der Waals surface area contributed by atoms with Crippen molar-refractivity contribution in [2.24, 2.45) is 0 Å². The Morgan fingerprint density at radius 2 is 2.14 bits per heavy atom. The van der Waals surface area contributed by atoms with E-state index in [0.29, 0.717) is 6.54 Å². The van der Waals surface area contributed by atoms with Gasteiger partial charge >= 0.3 is 0 Å². The molecule has 0 aromatic rings. The van der Waals surface area contributed by atoms with Gasteiger partial charge in [0.25, 0.3) is 0 Å². The van der Waals surface area contributed by atoms with Gasteiger partial charge in [0, 0.05) is 26.7 Å². The molecule has 1 rings (SSSR count). The van der Waals surface area contributed by atoms with Crippen LogP contribution in [0.1, 0.15) is 19.8 Å². The van der Waals surface area contributed by atoms with Gasteiger partial charge in [-0.3, -0.25) is 4.79 Å². The summed E-state index contributed by atoms with van der Waals surface area (Å²) in [5.74, 6) is 0.214. The fraction of sp³-hybridized carbons (Fsp3) is 0.900. The minimum absolute atomic E-state index is 0.168. The van der Waals surface area contributed by atoms with E-state index in [9.17, 15) is 4.79 Å². The maximum atomic E-state index is 11.5. The van der Waals surface area contributed by atoms with Gasteiger partial charge in [0.05, 0.1) is 12.6 Å². The van der Waals surface area contributed by atoms with Gasteiger partial charge in [0.15, 0.2) is 0 Å². The van der Waals surface area contributed by atoms with Crippen molar-refractivity contribution >= 4 is 5.91 Å². The Balaban J connectivity index is 2.08. The first-order chi connectivity index (χ1) is 6.74. The summed E-state index contributed by atoms with van der Waals surface area (Å²) < 4.78 is 5.07. The van der Waals surface area contributed by atoms with Gasteiger partial charge in [0.1, 0.15) is 0 Å². The zero-order valence-electron chi connectivity index (χ0n) is 9.08. The highest BCUT2D eigenvalue weighted by Gasteiger charge is 2.16. The number of nitrogens with zero attached hydrogens (tertiary/aromatic N) is 1. The third-order valence-corrected chi connectivity index (χ3v) is 2.57. The normalized spacial score (nSPS) is 18.6. The van der Waals surface area contributed by atoms with Gasteiger partial charge in [-0.2, -0.15) is 0 Å². The lowest BCUT2D eigenvalue weighted by molar-refractivity contribution is -0.129. The molecule has 0 aliphatic carbocycles. The first-order valence-electron chi connectivity index (χ1n) is 5.25. The van der Waals surface area contributed by atoms with Crippen LogP contribution in [-0.4, -0.2) is 50.2 Å². The summed E-state index contributed by atoms with van der Waals surface area (Å²) in [6.07, 6.45) is 2.47. The Labute approximate surface area is 85.6 Å². The number of carbonyl (C=O) groups excluding carboxylic acids is 1. The number of hydrogen-bond acceptors (Lipinski definition) is 3. The van der Waals surface area contributed by atoms with Crippen LogP contribution in [0.5, 0.6) is 0 Å². The van der Waals surface area contributed by atoms with E-state index in [-0.39, 0.29) is 12.0 Å². The van der Waals surface area contributed by atoms with Crippen LogP contribution in [0.2, 0.25) is 0 Å². The van der Waals surface area contributed by atoms with Gasteiger partial charge < -0.3 is 15.0 Å². The number of methoxy groups -OCH3 is 1. The topological polar surface area (TPSA) is 41.6 Å². The second-order valence-electron chi connectivity index (χ2n) is 3.77. The Kier molecular flexibility index (Phi) is 4.90. The molecule has 0 aromatic heterocycles. The van der Waals surface area contributed by atoms with E-state index in [1.54, 1.807) is 7.11 Å². The SMILES string of the molecule is COC(C)CNCC(=O)N1CCCC1. The molecule has 1 unspecified atom stereocenters. The molecule has 1 atom stereocenters. The molecule has 0 saturated carbocycles. The first kappa shape index (κ1) is 11.5. The van der Waals surface area contributed by atoms with Crippen molar-refractivity contribution < 1.29 is 9.53 Å². The van der Waals surface area contributed by atoms with Gasteiger partial charge in [-0.15, -0.1) is 0 Å². The summed E-state index contributed by atoms with van der Waals surface area (Å²) in [6.45, 7) is 5.01. The van der Waals surface area contributed by atoms with Gasteiger partial charge in [0.2, 0.25) is 5.91 Å². The number of amides is 1. The summed E-state index contributed by atoms with van der Waals surface area (Å²) in [5, 5.41) is 3.10. The van der Waals surface area contributed by atoms with E-state index < -0.39 is 0 Å². The molecule has 4 nitrogen and oxygen atoms in total. The van der Waals surface area contributed by atoms with Crippen LogP contribution in [-0.2, 0) is 9.53 Å². The first-order valence-corrected chi connectivity index (χ1v) is 5.25. The van der Waals surface area contributed by atoms with Crippen LogP contribution in [0.25, 0.3) is 0 Å². The van der Waals surface area contributed by atoms with Crippen molar-refractivity contribution in [2.45, 2.75) is 25.9 Å². The molecule has 4 heteroatoms. The minimum atomic E-state index is 0.168. The highest BCUT2D eigenvalue weighted by molar-refractivity contribution is 5.78. The molecule has 1 aliphatic rings. The third kappa shape index (κ3) is 3.64. The largest absolute Gasteiger partial charge is 0.380 e. The molecule has 0 radical (unpaired) electrons. The van der Waals surface area contributed by atoms with E-state index in [2.05, 4.69) is 5.32 Å². The van der Waals surface area contributed by atoms with Crippen molar-refractivity contribution in [3.8, 4) is 0 Å². The fourth-order valence-electron chi connectivity index (χ4n) is 1.54. The molecule has 1 aliphatic heterocycles. The zero-order valence-corrected chi connectivity index (χ0v) is 9.08. The summed E-state index contributed by atoms with van der Waals surface area (Å²) in [5.41, 5.74) is 0. The maximum Gasteiger partial charge on any atom is 0.236 e. The van der Waals surface area contributed by atoms with Crippen LogP contribution >= 0.6 is 0 Å². The Morgan fingerprint density at radius 1 is 1.50 bits per heavy atom. The molecule has 0 aromatic carbocycles. The van der Waals surface area contributed by atoms with Crippen LogP contribution in [0.15, 0.2) is 0 Å². The Bertz CT molecular complexity index is 179. The van der Waals surface area contributed by atoms with Crippen molar-refractivity contribution in [1.82, 2.24) is 10.2 Å². The van der Waals surface area contributed by atoms with E-state index >= 15 is 0 Å². The van der Waals surface area contributed by atoms with E-state index in [4.69, 9.17) is 4.74 Å². The number of likely N-dealkylation sites (tertiary alicyclic amines) is 1. The van der Waals surface area contributed by atoms with Crippen LogP contribution in [0.3, 0.4) is 0 Å². The predicted octanol–water partition coefficient (Wildman–Crippen LogP) is 0.233. The fourth-order valence-corrected chi connectivity index (χ4v) is 1.54. The second-order valence-corrected chi connectivity index (χ2v) is 3.77. The number of ether oxygens (including phenoxy) is 1. The number of hydrogen-bond donors (Lipinski definition) is 1. The third-order valence-electron chi connectivity index (χ3n) is 2.57. The van der Waals surface area contributed by atoms with E-state index in [1.165, 1.54) is 0 Å². The molecule has 1 heterocycles. The summed E-state index contributed by atoms with van der Waals surface area (Å²) >= 11 is 0. The van der Waals surface area contributed by atoms with Gasteiger partial charge in [-0.1, -0.05) is 0 Å². The molecule has 0 bridgehead atoms. The number of carbonyl (C=O) groups is 1. The predicted molar refractivity (Wildman–Crippen MR) is 55.2 cm³/mol. The van der Waals surface area contributed by atoms with Crippen molar-refractivity contribution in [3.05, 3.63) is 0 Å².